The van der Waals surface area contributed by atoms with Gasteiger partial charge in [0.05, 0.1) is 5.92 Å². The zero-order valence-electron chi connectivity index (χ0n) is 8.31. The van der Waals surface area contributed by atoms with Gasteiger partial charge in [0.2, 0.25) is 0 Å². The normalized spacial score (nSPS) is 12.4. The zero-order valence-corrected chi connectivity index (χ0v) is 8.31. The van der Waals surface area contributed by atoms with Crippen molar-refractivity contribution in [2.75, 3.05) is 0 Å². The first-order valence-corrected chi connectivity index (χ1v) is 4.82. The van der Waals surface area contributed by atoms with E-state index in [9.17, 15) is 4.79 Å². The van der Waals surface area contributed by atoms with Crippen molar-refractivity contribution in [2.24, 2.45) is 5.92 Å². The number of rotatable bonds is 5. The van der Waals surface area contributed by atoms with Crippen LogP contribution in [-0.2, 0) is 11.2 Å². The summed E-state index contributed by atoms with van der Waals surface area (Å²) in [4.78, 5) is 14.5. The van der Waals surface area contributed by atoms with Gasteiger partial charge >= 0.3 is 5.97 Å². The monoisotopic (exact) mass is 193 g/mol. The number of pyridine rings is 1. The van der Waals surface area contributed by atoms with E-state index in [0.717, 1.165) is 19.3 Å². The molecule has 1 rings (SSSR count). The van der Waals surface area contributed by atoms with Crippen molar-refractivity contribution in [2.45, 2.75) is 26.2 Å². The molecule has 0 aliphatic carbocycles. The van der Waals surface area contributed by atoms with Crippen LogP contribution < -0.4 is 0 Å². The van der Waals surface area contributed by atoms with Crippen molar-refractivity contribution in [3.8, 4) is 0 Å². The molecule has 0 unspecified atom stereocenters. The molecule has 0 amide bonds. The molecule has 0 bridgehead atoms. The Bertz CT molecular complexity index is 285. The number of hydrogen-bond donors (Lipinski definition) is 1. The SMILES string of the molecule is C[C@H](CCCc1cccnc1)C(=O)O. The molecule has 0 saturated heterocycles. The maximum absolute atomic E-state index is 10.5. The van der Waals surface area contributed by atoms with Crippen LogP contribution in [-0.4, -0.2) is 16.1 Å². The fraction of sp³-hybridized carbons (Fsp3) is 0.455. The largest absolute Gasteiger partial charge is 0.481 e. The van der Waals surface area contributed by atoms with Gasteiger partial charge in [0.1, 0.15) is 0 Å². The average molecular weight is 193 g/mol. The second-order valence-electron chi connectivity index (χ2n) is 3.49. The summed E-state index contributed by atoms with van der Waals surface area (Å²) in [6, 6.07) is 3.91. The van der Waals surface area contributed by atoms with E-state index in [1.807, 2.05) is 18.3 Å². The molecule has 0 saturated carbocycles. The van der Waals surface area contributed by atoms with Gasteiger partial charge in [0.25, 0.3) is 0 Å². The second-order valence-corrected chi connectivity index (χ2v) is 3.49. The highest BCUT2D eigenvalue weighted by molar-refractivity contribution is 5.69. The standard InChI is InChI=1S/C11H15NO2/c1-9(11(13)14)4-2-5-10-6-3-7-12-8-10/h3,6-9H,2,4-5H2,1H3,(H,13,14)/t9-/m1/s1. The number of aliphatic carboxylic acids is 1. The summed E-state index contributed by atoms with van der Waals surface area (Å²) in [5.41, 5.74) is 1.17. The van der Waals surface area contributed by atoms with Gasteiger partial charge in [-0.2, -0.15) is 0 Å². The van der Waals surface area contributed by atoms with Crippen molar-refractivity contribution < 1.29 is 9.90 Å². The summed E-state index contributed by atoms with van der Waals surface area (Å²) in [6.07, 6.45) is 6.10. The Morgan fingerprint density at radius 3 is 3.00 bits per heavy atom. The Morgan fingerprint density at radius 1 is 1.64 bits per heavy atom. The number of carboxylic acids is 1. The first-order valence-electron chi connectivity index (χ1n) is 4.82. The van der Waals surface area contributed by atoms with Crippen molar-refractivity contribution >= 4 is 5.97 Å². The smallest absolute Gasteiger partial charge is 0.306 e. The van der Waals surface area contributed by atoms with Crippen LogP contribution >= 0.6 is 0 Å². The van der Waals surface area contributed by atoms with E-state index in [0.29, 0.717) is 0 Å². The molecule has 14 heavy (non-hydrogen) atoms. The Hall–Kier alpha value is -1.38. The first-order chi connectivity index (χ1) is 6.70. The summed E-state index contributed by atoms with van der Waals surface area (Å²) in [7, 11) is 0. The minimum atomic E-state index is -0.712. The number of carbonyl (C=O) groups is 1. The highest BCUT2D eigenvalue weighted by atomic mass is 16.4. The van der Waals surface area contributed by atoms with E-state index in [2.05, 4.69) is 4.98 Å². The quantitative estimate of drug-likeness (QED) is 0.779. The Kier molecular flexibility index (Phi) is 4.11. The minimum Gasteiger partial charge on any atom is -0.481 e. The van der Waals surface area contributed by atoms with Crippen LogP contribution in [0.3, 0.4) is 0 Å². The van der Waals surface area contributed by atoms with E-state index in [1.165, 1.54) is 5.56 Å². The van der Waals surface area contributed by atoms with Crippen LogP contribution in [0.15, 0.2) is 24.5 Å². The highest BCUT2D eigenvalue weighted by Crippen LogP contribution is 2.09. The number of aromatic nitrogens is 1. The Labute approximate surface area is 83.8 Å². The van der Waals surface area contributed by atoms with Gasteiger partial charge in [-0.15, -0.1) is 0 Å². The molecule has 1 heterocycles. The van der Waals surface area contributed by atoms with Crippen molar-refractivity contribution in [1.82, 2.24) is 4.98 Å². The molecular formula is C11H15NO2. The number of aryl methyl sites for hydroxylation is 1. The zero-order chi connectivity index (χ0) is 10.4. The van der Waals surface area contributed by atoms with Gasteiger partial charge in [0.15, 0.2) is 0 Å². The van der Waals surface area contributed by atoms with Gasteiger partial charge in [-0.1, -0.05) is 13.0 Å². The lowest BCUT2D eigenvalue weighted by Crippen LogP contribution is -2.09. The molecule has 0 spiro atoms. The summed E-state index contributed by atoms with van der Waals surface area (Å²) in [5.74, 6) is -0.956. The number of hydrogen-bond acceptors (Lipinski definition) is 2. The Morgan fingerprint density at radius 2 is 2.43 bits per heavy atom. The lowest BCUT2D eigenvalue weighted by atomic mass is 10.0. The molecule has 1 atom stereocenters. The van der Waals surface area contributed by atoms with E-state index >= 15 is 0 Å². The van der Waals surface area contributed by atoms with E-state index in [-0.39, 0.29) is 5.92 Å². The van der Waals surface area contributed by atoms with Gasteiger partial charge in [-0.25, -0.2) is 0 Å². The molecule has 1 N–H and O–H groups in total. The molecule has 76 valence electrons. The van der Waals surface area contributed by atoms with E-state index in [4.69, 9.17) is 5.11 Å². The van der Waals surface area contributed by atoms with Crippen molar-refractivity contribution in [3.05, 3.63) is 30.1 Å². The number of nitrogens with zero attached hydrogens (tertiary/aromatic N) is 1. The maximum atomic E-state index is 10.5. The van der Waals surface area contributed by atoms with Gasteiger partial charge in [-0.05, 0) is 30.9 Å². The fourth-order valence-corrected chi connectivity index (χ4v) is 1.28. The second kappa shape index (κ2) is 5.37. The van der Waals surface area contributed by atoms with Crippen LogP contribution in [0.25, 0.3) is 0 Å². The summed E-state index contributed by atoms with van der Waals surface area (Å²) >= 11 is 0. The van der Waals surface area contributed by atoms with Gasteiger partial charge in [-0.3, -0.25) is 9.78 Å². The van der Waals surface area contributed by atoms with E-state index in [1.54, 1.807) is 13.1 Å². The molecule has 1 aromatic heterocycles. The average Bonchev–Trinajstić information content (AvgIpc) is 2.19. The fourth-order valence-electron chi connectivity index (χ4n) is 1.28. The highest BCUT2D eigenvalue weighted by Gasteiger charge is 2.09. The molecular weight excluding hydrogens is 178 g/mol. The molecule has 0 fully saturated rings. The van der Waals surface area contributed by atoms with Crippen LogP contribution in [0.1, 0.15) is 25.3 Å². The minimum absolute atomic E-state index is 0.244. The molecule has 0 aliphatic heterocycles. The first kappa shape index (κ1) is 10.7. The van der Waals surface area contributed by atoms with Crippen molar-refractivity contribution in [3.63, 3.8) is 0 Å². The van der Waals surface area contributed by atoms with Crippen LogP contribution in [0, 0.1) is 5.92 Å². The van der Waals surface area contributed by atoms with Crippen LogP contribution in [0.4, 0.5) is 0 Å². The summed E-state index contributed by atoms with van der Waals surface area (Å²) in [6.45, 7) is 1.74. The van der Waals surface area contributed by atoms with Crippen molar-refractivity contribution in [1.29, 1.82) is 0 Å². The molecule has 0 aliphatic rings. The Balaban J connectivity index is 2.26. The van der Waals surface area contributed by atoms with Crippen LogP contribution in [0.2, 0.25) is 0 Å². The lowest BCUT2D eigenvalue weighted by molar-refractivity contribution is -0.141. The number of carboxylic acid groups (broad SMARTS) is 1. The third kappa shape index (κ3) is 3.56. The topological polar surface area (TPSA) is 50.2 Å². The third-order valence-electron chi connectivity index (χ3n) is 2.25. The van der Waals surface area contributed by atoms with E-state index < -0.39 is 5.97 Å². The lowest BCUT2D eigenvalue weighted by Gasteiger charge is -2.05. The maximum Gasteiger partial charge on any atom is 0.306 e. The molecule has 1 aromatic rings. The van der Waals surface area contributed by atoms with Gasteiger partial charge in [0, 0.05) is 12.4 Å². The summed E-state index contributed by atoms with van der Waals surface area (Å²) in [5, 5.41) is 8.67. The summed E-state index contributed by atoms with van der Waals surface area (Å²) < 4.78 is 0. The predicted octanol–water partition coefficient (Wildman–Crippen LogP) is 2.12. The predicted molar refractivity (Wildman–Crippen MR) is 54.0 cm³/mol. The molecule has 3 nitrogen and oxygen atoms in total. The third-order valence-corrected chi connectivity index (χ3v) is 2.25. The van der Waals surface area contributed by atoms with Crippen LogP contribution in [0.5, 0.6) is 0 Å². The molecule has 0 aromatic carbocycles. The molecule has 0 radical (unpaired) electrons. The van der Waals surface area contributed by atoms with Gasteiger partial charge < -0.3 is 5.11 Å². The molecule has 3 heteroatoms.